The van der Waals surface area contributed by atoms with E-state index in [0.29, 0.717) is 11.2 Å². The molecule has 14 heavy (non-hydrogen) atoms. The lowest BCUT2D eigenvalue weighted by Crippen LogP contribution is -2.20. The van der Waals surface area contributed by atoms with E-state index in [0.717, 1.165) is 12.3 Å². The highest BCUT2D eigenvalue weighted by atomic mass is 32.2. The maximum absolute atomic E-state index is 9.01. The Hall–Kier alpha value is -0.160. The number of rotatable bonds is 4. The smallest absolute Gasteiger partial charge is 0.0667 e. The fourth-order valence-corrected chi connectivity index (χ4v) is 3.57. The van der Waals surface area contributed by atoms with Gasteiger partial charge in [-0.05, 0) is 30.9 Å². The van der Waals surface area contributed by atoms with Gasteiger partial charge in [0.05, 0.1) is 12.0 Å². The average molecular weight is 211 g/mol. The Labute approximate surface area is 92.3 Å². The molecule has 2 unspecified atom stereocenters. The summed E-state index contributed by atoms with van der Waals surface area (Å²) in [6, 6.07) is 2.47. The van der Waals surface area contributed by atoms with Gasteiger partial charge >= 0.3 is 0 Å². The molecular weight excluding hydrogens is 190 g/mol. The Morgan fingerprint density at radius 1 is 1.36 bits per heavy atom. The molecule has 1 saturated carbocycles. The van der Waals surface area contributed by atoms with Gasteiger partial charge in [0, 0.05) is 5.25 Å². The quantitative estimate of drug-likeness (QED) is 0.705. The molecule has 0 saturated heterocycles. The van der Waals surface area contributed by atoms with E-state index in [2.05, 4.69) is 19.9 Å². The molecule has 0 spiro atoms. The lowest BCUT2D eigenvalue weighted by atomic mass is 9.90. The van der Waals surface area contributed by atoms with Gasteiger partial charge in [-0.3, -0.25) is 0 Å². The summed E-state index contributed by atoms with van der Waals surface area (Å²) in [5, 5.41) is 9.64. The predicted octanol–water partition coefficient (Wildman–Crippen LogP) is 3.85. The maximum atomic E-state index is 9.01. The molecule has 0 radical (unpaired) electrons. The van der Waals surface area contributed by atoms with E-state index in [1.54, 1.807) is 0 Å². The van der Waals surface area contributed by atoms with Crippen LogP contribution in [0, 0.1) is 23.2 Å². The Morgan fingerprint density at radius 2 is 2.07 bits per heavy atom. The van der Waals surface area contributed by atoms with Crippen molar-refractivity contribution in [1.29, 1.82) is 5.26 Å². The molecule has 0 bridgehead atoms. The van der Waals surface area contributed by atoms with E-state index in [-0.39, 0.29) is 0 Å². The first kappa shape index (κ1) is 11.9. The highest BCUT2D eigenvalue weighted by Gasteiger charge is 2.24. The second kappa shape index (κ2) is 6.35. The zero-order chi connectivity index (χ0) is 10.4. The number of thioether (sulfide) groups is 1. The molecule has 0 aromatic carbocycles. The second-order valence-corrected chi connectivity index (χ2v) is 5.96. The number of nitriles is 1. The Bertz CT molecular complexity index is 195. The van der Waals surface area contributed by atoms with E-state index >= 15 is 0 Å². The van der Waals surface area contributed by atoms with Crippen molar-refractivity contribution in [3.63, 3.8) is 0 Å². The molecule has 0 amide bonds. The van der Waals surface area contributed by atoms with E-state index in [4.69, 9.17) is 5.26 Å². The third-order valence-electron chi connectivity index (χ3n) is 2.90. The zero-order valence-electron chi connectivity index (χ0n) is 9.33. The van der Waals surface area contributed by atoms with Crippen molar-refractivity contribution in [1.82, 2.24) is 0 Å². The second-order valence-electron chi connectivity index (χ2n) is 4.61. The summed E-state index contributed by atoms with van der Waals surface area (Å²) in [5.74, 6) is 2.37. The lowest BCUT2D eigenvalue weighted by Gasteiger charge is -2.26. The minimum absolute atomic E-state index is 0.334. The minimum atomic E-state index is 0.334. The average Bonchev–Trinajstić information content (AvgIpc) is 2.18. The standard InChI is InChI=1S/C12H21NS/c1-10(2)7-8-14-12-6-4-3-5-11(12)9-13/h10-12H,3-8H2,1-2H3. The first-order valence-electron chi connectivity index (χ1n) is 5.75. The molecule has 0 aliphatic heterocycles. The van der Waals surface area contributed by atoms with Crippen LogP contribution >= 0.6 is 11.8 Å². The summed E-state index contributed by atoms with van der Waals surface area (Å²) >= 11 is 2.04. The van der Waals surface area contributed by atoms with E-state index in [1.165, 1.54) is 31.4 Å². The van der Waals surface area contributed by atoms with Crippen molar-refractivity contribution in [3.05, 3.63) is 0 Å². The van der Waals surface area contributed by atoms with Crippen molar-refractivity contribution in [2.45, 2.75) is 51.2 Å². The van der Waals surface area contributed by atoms with Crippen LogP contribution in [-0.2, 0) is 0 Å². The van der Waals surface area contributed by atoms with E-state index in [9.17, 15) is 0 Å². The fourth-order valence-electron chi connectivity index (χ4n) is 1.90. The summed E-state index contributed by atoms with van der Waals surface area (Å²) in [6.45, 7) is 4.53. The number of hydrogen-bond acceptors (Lipinski definition) is 2. The third kappa shape index (κ3) is 3.92. The molecule has 1 rings (SSSR count). The van der Waals surface area contributed by atoms with Gasteiger partial charge in [-0.15, -0.1) is 0 Å². The van der Waals surface area contributed by atoms with Crippen LogP contribution in [0.4, 0.5) is 0 Å². The molecule has 1 aliphatic rings. The minimum Gasteiger partial charge on any atom is -0.198 e. The van der Waals surface area contributed by atoms with Crippen molar-refractivity contribution < 1.29 is 0 Å². The lowest BCUT2D eigenvalue weighted by molar-refractivity contribution is 0.439. The first-order valence-corrected chi connectivity index (χ1v) is 6.80. The zero-order valence-corrected chi connectivity index (χ0v) is 10.1. The normalized spacial score (nSPS) is 27.6. The SMILES string of the molecule is CC(C)CCSC1CCCCC1C#N. The monoisotopic (exact) mass is 211 g/mol. The molecule has 0 heterocycles. The van der Waals surface area contributed by atoms with Gasteiger partial charge in [0.1, 0.15) is 0 Å². The van der Waals surface area contributed by atoms with Crippen molar-refractivity contribution >= 4 is 11.8 Å². The van der Waals surface area contributed by atoms with Crippen molar-refractivity contribution in [2.75, 3.05) is 5.75 Å². The van der Waals surface area contributed by atoms with Crippen LogP contribution in [0.1, 0.15) is 46.0 Å². The summed E-state index contributed by atoms with van der Waals surface area (Å²) in [4.78, 5) is 0. The highest BCUT2D eigenvalue weighted by Crippen LogP contribution is 2.33. The molecule has 0 N–H and O–H groups in total. The summed E-state index contributed by atoms with van der Waals surface area (Å²) in [7, 11) is 0. The number of hydrogen-bond donors (Lipinski definition) is 0. The molecule has 1 aliphatic carbocycles. The molecule has 0 aromatic heterocycles. The molecule has 0 aromatic rings. The van der Waals surface area contributed by atoms with Crippen LogP contribution in [-0.4, -0.2) is 11.0 Å². The van der Waals surface area contributed by atoms with Gasteiger partial charge in [0.25, 0.3) is 0 Å². The van der Waals surface area contributed by atoms with Crippen LogP contribution in [0.25, 0.3) is 0 Å². The van der Waals surface area contributed by atoms with E-state index in [1.807, 2.05) is 11.8 Å². The van der Waals surface area contributed by atoms with Gasteiger partial charge in [-0.1, -0.05) is 26.7 Å². The van der Waals surface area contributed by atoms with Gasteiger partial charge in [-0.2, -0.15) is 17.0 Å². The topological polar surface area (TPSA) is 23.8 Å². The van der Waals surface area contributed by atoms with E-state index < -0.39 is 0 Å². The molecular formula is C12H21NS. The summed E-state index contributed by atoms with van der Waals surface area (Å²) < 4.78 is 0. The Morgan fingerprint density at radius 3 is 2.71 bits per heavy atom. The Kier molecular flexibility index (Phi) is 5.40. The molecule has 2 atom stereocenters. The highest BCUT2D eigenvalue weighted by molar-refractivity contribution is 7.99. The van der Waals surface area contributed by atoms with Crippen LogP contribution in [0.3, 0.4) is 0 Å². The summed E-state index contributed by atoms with van der Waals surface area (Å²) in [6.07, 6.45) is 6.28. The Balaban J connectivity index is 2.24. The van der Waals surface area contributed by atoms with Crippen LogP contribution in [0.2, 0.25) is 0 Å². The predicted molar refractivity (Wildman–Crippen MR) is 63.3 cm³/mol. The number of nitrogens with zero attached hydrogens (tertiary/aromatic N) is 1. The van der Waals surface area contributed by atoms with Crippen molar-refractivity contribution in [2.24, 2.45) is 11.8 Å². The van der Waals surface area contributed by atoms with Crippen LogP contribution < -0.4 is 0 Å². The van der Waals surface area contributed by atoms with Gasteiger partial charge < -0.3 is 0 Å². The summed E-state index contributed by atoms with van der Waals surface area (Å²) in [5.41, 5.74) is 0. The van der Waals surface area contributed by atoms with Gasteiger partial charge in [-0.25, -0.2) is 0 Å². The maximum Gasteiger partial charge on any atom is 0.0667 e. The van der Waals surface area contributed by atoms with Gasteiger partial charge in [0.15, 0.2) is 0 Å². The van der Waals surface area contributed by atoms with Crippen LogP contribution in [0.15, 0.2) is 0 Å². The van der Waals surface area contributed by atoms with Crippen molar-refractivity contribution in [3.8, 4) is 6.07 Å². The molecule has 2 heteroatoms. The van der Waals surface area contributed by atoms with Crippen LogP contribution in [0.5, 0.6) is 0 Å². The fraction of sp³-hybridized carbons (Fsp3) is 0.917. The largest absolute Gasteiger partial charge is 0.198 e. The molecule has 1 nitrogen and oxygen atoms in total. The third-order valence-corrected chi connectivity index (χ3v) is 4.36. The first-order chi connectivity index (χ1) is 6.74. The molecule has 80 valence electrons. The molecule has 1 fully saturated rings. The van der Waals surface area contributed by atoms with Gasteiger partial charge in [0.2, 0.25) is 0 Å².